The van der Waals surface area contributed by atoms with Crippen LogP contribution in [0, 0.1) is 0 Å². The minimum Gasteiger partial charge on any atom is -0.349 e. The van der Waals surface area contributed by atoms with Crippen molar-refractivity contribution in [2.45, 2.75) is 19.4 Å². The Morgan fingerprint density at radius 1 is 1.23 bits per heavy atom. The highest BCUT2D eigenvalue weighted by Gasteiger charge is 2.14. The second-order valence-corrected chi connectivity index (χ2v) is 6.75. The number of rotatable bonds is 3. The minimum absolute atomic E-state index is 0.0107. The number of halogens is 1. The Hall–Kier alpha value is -1.66. The van der Waals surface area contributed by atoms with Crippen molar-refractivity contribution in [2.24, 2.45) is 0 Å². The van der Waals surface area contributed by atoms with E-state index < -0.39 is 0 Å². The summed E-state index contributed by atoms with van der Waals surface area (Å²) in [6.07, 6.45) is 4.21. The molecule has 1 aromatic carbocycles. The second-order valence-electron chi connectivity index (χ2n) is 5.83. The topological polar surface area (TPSA) is 53.9 Å². The van der Waals surface area contributed by atoms with Gasteiger partial charge in [-0.1, -0.05) is 15.9 Å². The Kier molecular flexibility index (Phi) is 3.50. The van der Waals surface area contributed by atoms with Gasteiger partial charge in [0.2, 0.25) is 0 Å². The molecule has 0 saturated carbocycles. The molecule has 114 valence electrons. The smallest absolute Gasteiger partial charge is 0.277 e. The van der Waals surface area contributed by atoms with Crippen molar-refractivity contribution in [3.63, 3.8) is 0 Å². The third-order valence-corrected chi connectivity index (χ3v) is 4.88. The van der Waals surface area contributed by atoms with Gasteiger partial charge in [0.25, 0.3) is 5.56 Å². The largest absolute Gasteiger partial charge is 0.349 e. The van der Waals surface area contributed by atoms with E-state index in [1.54, 1.807) is 10.9 Å². The first-order valence-electron chi connectivity index (χ1n) is 7.61. The number of aromatic amines is 1. The van der Waals surface area contributed by atoms with Gasteiger partial charge in [-0.15, -0.1) is 0 Å². The molecule has 1 N–H and O–H groups in total. The number of nitrogens with zero attached hydrogens (tertiary/aromatic N) is 3. The molecule has 0 unspecified atom stereocenters. The number of H-pyrrole nitrogens is 1. The second kappa shape index (κ2) is 5.52. The molecule has 0 spiro atoms. The van der Waals surface area contributed by atoms with E-state index in [2.05, 4.69) is 30.8 Å². The van der Waals surface area contributed by atoms with E-state index in [9.17, 15) is 4.79 Å². The van der Waals surface area contributed by atoms with Gasteiger partial charge in [0.15, 0.2) is 0 Å². The van der Waals surface area contributed by atoms with Crippen molar-refractivity contribution in [3.05, 3.63) is 39.4 Å². The van der Waals surface area contributed by atoms with Gasteiger partial charge < -0.3 is 9.88 Å². The lowest BCUT2D eigenvalue weighted by molar-refractivity contribution is 0.320. The number of hydrogen-bond donors (Lipinski definition) is 1. The van der Waals surface area contributed by atoms with Crippen LogP contribution in [-0.4, -0.2) is 39.1 Å². The van der Waals surface area contributed by atoms with Crippen LogP contribution in [0.4, 0.5) is 0 Å². The number of likely N-dealkylation sites (tertiary alicyclic amines) is 1. The number of nitrogens with one attached hydrogen (secondary N) is 1. The van der Waals surface area contributed by atoms with Gasteiger partial charge in [-0.3, -0.25) is 9.36 Å². The zero-order chi connectivity index (χ0) is 15.1. The summed E-state index contributed by atoms with van der Waals surface area (Å²) in [6, 6.07) is 5.92. The van der Waals surface area contributed by atoms with Gasteiger partial charge in [0.1, 0.15) is 11.0 Å². The maximum Gasteiger partial charge on any atom is 0.277 e. The molecule has 0 bridgehead atoms. The molecule has 1 aliphatic heterocycles. The molecule has 0 radical (unpaired) electrons. The van der Waals surface area contributed by atoms with E-state index in [1.807, 2.05) is 18.2 Å². The van der Waals surface area contributed by atoms with Crippen LogP contribution in [0.25, 0.3) is 21.9 Å². The lowest BCUT2D eigenvalue weighted by Gasteiger charge is -2.14. The number of fused-ring (bicyclic) bond motifs is 3. The van der Waals surface area contributed by atoms with Gasteiger partial charge in [-0.2, -0.15) is 0 Å². The van der Waals surface area contributed by atoms with Crippen LogP contribution < -0.4 is 5.56 Å². The van der Waals surface area contributed by atoms with E-state index >= 15 is 0 Å². The maximum absolute atomic E-state index is 12.6. The van der Waals surface area contributed by atoms with Crippen molar-refractivity contribution in [1.29, 1.82) is 0 Å². The van der Waals surface area contributed by atoms with E-state index in [-0.39, 0.29) is 5.56 Å². The molecule has 3 aromatic rings. The quantitative estimate of drug-likeness (QED) is 0.781. The van der Waals surface area contributed by atoms with E-state index in [0.717, 1.165) is 40.5 Å². The molecular weight excluding hydrogens is 344 g/mol. The summed E-state index contributed by atoms with van der Waals surface area (Å²) in [6.45, 7) is 3.90. The molecule has 0 atom stereocenters. The Morgan fingerprint density at radius 2 is 2.05 bits per heavy atom. The highest BCUT2D eigenvalue weighted by atomic mass is 79.9. The first-order valence-corrected chi connectivity index (χ1v) is 8.40. The highest BCUT2D eigenvalue weighted by molar-refractivity contribution is 9.10. The van der Waals surface area contributed by atoms with E-state index in [4.69, 9.17) is 0 Å². The van der Waals surface area contributed by atoms with Crippen molar-refractivity contribution in [1.82, 2.24) is 19.4 Å². The van der Waals surface area contributed by atoms with Crippen LogP contribution >= 0.6 is 15.9 Å². The van der Waals surface area contributed by atoms with Crippen molar-refractivity contribution in [3.8, 4) is 0 Å². The first-order chi connectivity index (χ1) is 10.7. The van der Waals surface area contributed by atoms with Crippen molar-refractivity contribution in [2.75, 3.05) is 19.6 Å². The molecular formula is C16H17BrN4O. The van der Waals surface area contributed by atoms with Gasteiger partial charge in [-0.05, 0) is 44.1 Å². The Labute approximate surface area is 136 Å². The fourth-order valence-electron chi connectivity index (χ4n) is 3.18. The monoisotopic (exact) mass is 360 g/mol. The number of benzene rings is 1. The third kappa shape index (κ3) is 2.36. The van der Waals surface area contributed by atoms with Gasteiger partial charge in [0.05, 0.1) is 6.33 Å². The Balaban J connectivity index is 1.73. The molecule has 5 nitrogen and oxygen atoms in total. The average molecular weight is 361 g/mol. The molecule has 4 rings (SSSR count). The van der Waals surface area contributed by atoms with Gasteiger partial charge >= 0.3 is 0 Å². The zero-order valence-corrected chi connectivity index (χ0v) is 13.8. The third-order valence-electron chi connectivity index (χ3n) is 4.39. The van der Waals surface area contributed by atoms with Crippen LogP contribution in [-0.2, 0) is 6.54 Å². The molecule has 1 aliphatic rings. The summed E-state index contributed by atoms with van der Waals surface area (Å²) in [4.78, 5) is 22.8. The van der Waals surface area contributed by atoms with Crippen LogP contribution in [0.2, 0.25) is 0 Å². The average Bonchev–Trinajstić information content (AvgIpc) is 3.14. The highest BCUT2D eigenvalue weighted by Crippen LogP contribution is 2.24. The molecule has 22 heavy (non-hydrogen) atoms. The van der Waals surface area contributed by atoms with E-state index in [1.165, 1.54) is 12.8 Å². The molecule has 2 aromatic heterocycles. The van der Waals surface area contributed by atoms with E-state index in [0.29, 0.717) is 12.1 Å². The zero-order valence-electron chi connectivity index (χ0n) is 12.2. The summed E-state index contributed by atoms with van der Waals surface area (Å²) in [5.74, 6) is 0. The minimum atomic E-state index is 0.0107. The summed E-state index contributed by atoms with van der Waals surface area (Å²) in [5, 5.41) is 0.980. The summed E-state index contributed by atoms with van der Waals surface area (Å²) < 4.78 is 2.70. The standard InChI is InChI=1S/C16H17BrN4O/c17-11-3-4-13-12(9-11)14-15(19-13)16(22)21(10-18-14)8-7-20-5-1-2-6-20/h3-4,9-10,19H,1-2,5-8H2. The molecule has 0 amide bonds. The van der Waals surface area contributed by atoms with Crippen molar-refractivity contribution < 1.29 is 0 Å². The van der Waals surface area contributed by atoms with Crippen LogP contribution in [0.15, 0.2) is 33.8 Å². The molecule has 6 heteroatoms. The lowest BCUT2D eigenvalue weighted by Crippen LogP contribution is -2.29. The fourth-order valence-corrected chi connectivity index (χ4v) is 3.54. The van der Waals surface area contributed by atoms with Crippen LogP contribution in [0.3, 0.4) is 0 Å². The Bertz CT molecular complexity index is 892. The molecule has 1 fully saturated rings. The predicted octanol–water partition coefficient (Wildman–Crippen LogP) is 2.74. The SMILES string of the molecule is O=c1c2[nH]c3ccc(Br)cc3c2ncn1CCN1CCCC1. The van der Waals surface area contributed by atoms with Gasteiger partial charge in [-0.25, -0.2) is 4.98 Å². The maximum atomic E-state index is 12.6. The first kappa shape index (κ1) is 14.0. The molecule has 0 aliphatic carbocycles. The number of aromatic nitrogens is 3. The van der Waals surface area contributed by atoms with Crippen LogP contribution in [0.5, 0.6) is 0 Å². The normalized spacial score (nSPS) is 16.0. The lowest BCUT2D eigenvalue weighted by atomic mass is 10.2. The van der Waals surface area contributed by atoms with Crippen LogP contribution in [0.1, 0.15) is 12.8 Å². The summed E-state index contributed by atoms with van der Waals surface area (Å²) in [7, 11) is 0. The van der Waals surface area contributed by atoms with Crippen molar-refractivity contribution >= 4 is 37.9 Å². The molecule has 3 heterocycles. The predicted molar refractivity (Wildman–Crippen MR) is 91.2 cm³/mol. The fraction of sp³-hybridized carbons (Fsp3) is 0.375. The summed E-state index contributed by atoms with van der Waals surface area (Å²) in [5.41, 5.74) is 2.30. The number of hydrogen-bond acceptors (Lipinski definition) is 3. The molecule has 1 saturated heterocycles. The summed E-state index contributed by atoms with van der Waals surface area (Å²) >= 11 is 3.47. The van der Waals surface area contributed by atoms with Gasteiger partial charge in [0, 0.05) is 28.5 Å². The Morgan fingerprint density at radius 3 is 2.86 bits per heavy atom.